The van der Waals surface area contributed by atoms with Crippen molar-refractivity contribution in [3.8, 4) is 0 Å². The van der Waals surface area contributed by atoms with E-state index in [1.54, 1.807) is 4.68 Å². The van der Waals surface area contributed by atoms with Gasteiger partial charge in [-0.2, -0.15) is 13.9 Å². The molecule has 18 heavy (non-hydrogen) atoms. The van der Waals surface area contributed by atoms with Crippen LogP contribution in [0, 0.1) is 6.92 Å². The standard InChI is InChI=1S/C11H18F2N2O.C2H6/c1-5-7(2)10-8(3)9(14-15(10)4)6-16-11(12)13;1-2/h7,11H,5-6H2,1-4H3;1-2H3. The topological polar surface area (TPSA) is 27.1 Å². The van der Waals surface area contributed by atoms with Crippen molar-refractivity contribution in [1.29, 1.82) is 0 Å². The van der Waals surface area contributed by atoms with E-state index in [-0.39, 0.29) is 6.61 Å². The summed E-state index contributed by atoms with van der Waals surface area (Å²) in [5.74, 6) is 0.373. The van der Waals surface area contributed by atoms with Crippen LogP contribution in [0.2, 0.25) is 0 Å². The van der Waals surface area contributed by atoms with Crippen molar-refractivity contribution < 1.29 is 13.5 Å². The zero-order valence-corrected chi connectivity index (χ0v) is 12.1. The van der Waals surface area contributed by atoms with Crippen LogP contribution in [-0.2, 0) is 18.4 Å². The Balaban J connectivity index is 0.00000137. The van der Waals surface area contributed by atoms with Gasteiger partial charge in [0, 0.05) is 12.7 Å². The number of nitrogens with zero attached hydrogens (tertiary/aromatic N) is 2. The molecule has 3 nitrogen and oxygen atoms in total. The number of alkyl halides is 2. The molecule has 0 saturated carbocycles. The molecule has 0 aromatic carbocycles. The molecule has 1 aromatic heterocycles. The van der Waals surface area contributed by atoms with Crippen LogP contribution < -0.4 is 0 Å². The normalized spacial score (nSPS) is 12.3. The van der Waals surface area contributed by atoms with Gasteiger partial charge < -0.3 is 4.74 Å². The summed E-state index contributed by atoms with van der Waals surface area (Å²) < 4.78 is 29.9. The average Bonchev–Trinajstić information content (AvgIpc) is 2.63. The maximum absolute atomic E-state index is 11.9. The van der Waals surface area contributed by atoms with E-state index in [2.05, 4.69) is 23.7 Å². The molecule has 1 rings (SSSR count). The Kier molecular flexibility index (Phi) is 7.75. The van der Waals surface area contributed by atoms with Crippen LogP contribution in [-0.4, -0.2) is 16.4 Å². The summed E-state index contributed by atoms with van der Waals surface area (Å²) >= 11 is 0. The zero-order valence-electron chi connectivity index (χ0n) is 12.1. The number of hydrogen-bond acceptors (Lipinski definition) is 2. The molecule has 0 spiro atoms. The van der Waals surface area contributed by atoms with Crippen LogP contribution >= 0.6 is 0 Å². The van der Waals surface area contributed by atoms with Gasteiger partial charge in [0.25, 0.3) is 0 Å². The third-order valence-corrected chi connectivity index (χ3v) is 2.86. The van der Waals surface area contributed by atoms with E-state index in [4.69, 9.17) is 0 Å². The number of ether oxygens (including phenoxy) is 1. The number of aryl methyl sites for hydroxylation is 1. The highest BCUT2D eigenvalue weighted by Crippen LogP contribution is 2.24. The van der Waals surface area contributed by atoms with Gasteiger partial charge in [0.15, 0.2) is 0 Å². The largest absolute Gasteiger partial charge is 0.345 e. The van der Waals surface area contributed by atoms with E-state index >= 15 is 0 Å². The second kappa shape index (κ2) is 8.19. The zero-order chi connectivity index (χ0) is 14.3. The van der Waals surface area contributed by atoms with Crippen molar-refractivity contribution in [2.75, 3.05) is 0 Å². The van der Waals surface area contributed by atoms with Crippen molar-refractivity contribution >= 4 is 0 Å². The smallest absolute Gasteiger partial charge is 0.316 e. The maximum Gasteiger partial charge on any atom is 0.345 e. The lowest BCUT2D eigenvalue weighted by molar-refractivity contribution is -0.138. The predicted octanol–water partition coefficient (Wildman–Crippen LogP) is 4.01. The molecule has 0 N–H and O–H groups in total. The van der Waals surface area contributed by atoms with Gasteiger partial charge >= 0.3 is 6.61 Å². The molecule has 1 aromatic rings. The fourth-order valence-electron chi connectivity index (χ4n) is 1.86. The van der Waals surface area contributed by atoms with E-state index in [0.29, 0.717) is 11.6 Å². The lowest BCUT2D eigenvalue weighted by Crippen LogP contribution is -2.02. The van der Waals surface area contributed by atoms with E-state index in [9.17, 15) is 8.78 Å². The number of rotatable bonds is 5. The molecule has 1 atom stereocenters. The summed E-state index contributed by atoms with van der Waals surface area (Å²) in [4.78, 5) is 0. The van der Waals surface area contributed by atoms with Gasteiger partial charge in [-0.3, -0.25) is 4.68 Å². The average molecular weight is 262 g/mol. The monoisotopic (exact) mass is 262 g/mol. The molecule has 5 heteroatoms. The minimum Gasteiger partial charge on any atom is -0.316 e. The van der Waals surface area contributed by atoms with Crippen molar-refractivity contribution in [1.82, 2.24) is 9.78 Å². The van der Waals surface area contributed by atoms with Gasteiger partial charge in [-0.1, -0.05) is 27.7 Å². The summed E-state index contributed by atoms with van der Waals surface area (Å²) in [6.07, 6.45) is 0.996. The molecule has 1 unspecified atom stereocenters. The first-order chi connectivity index (χ1) is 8.47. The highest BCUT2D eigenvalue weighted by Gasteiger charge is 2.17. The van der Waals surface area contributed by atoms with Gasteiger partial charge in [-0.05, 0) is 24.8 Å². The molecule has 0 radical (unpaired) electrons. The third kappa shape index (κ3) is 4.37. The molecule has 0 fully saturated rings. The Morgan fingerprint density at radius 3 is 2.33 bits per heavy atom. The van der Waals surface area contributed by atoms with Crippen LogP contribution in [0.3, 0.4) is 0 Å². The van der Waals surface area contributed by atoms with Crippen LogP contribution in [0.4, 0.5) is 8.78 Å². The molecule has 0 saturated heterocycles. The first-order valence-corrected chi connectivity index (χ1v) is 6.39. The van der Waals surface area contributed by atoms with E-state index < -0.39 is 6.61 Å². The van der Waals surface area contributed by atoms with Gasteiger partial charge in [-0.15, -0.1) is 0 Å². The van der Waals surface area contributed by atoms with Gasteiger partial charge in [0.05, 0.1) is 12.3 Å². The van der Waals surface area contributed by atoms with E-state index in [1.165, 1.54) is 0 Å². The summed E-state index contributed by atoms with van der Waals surface area (Å²) in [5, 5.41) is 4.21. The molecule has 0 aliphatic carbocycles. The molecule has 1 heterocycles. The molecule has 0 bridgehead atoms. The van der Waals surface area contributed by atoms with Crippen molar-refractivity contribution in [2.24, 2.45) is 7.05 Å². The Bertz CT molecular complexity index is 351. The molecule has 106 valence electrons. The molecule has 0 aliphatic heterocycles. The maximum atomic E-state index is 11.9. The predicted molar refractivity (Wildman–Crippen MR) is 68.8 cm³/mol. The SMILES string of the molecule is CC.CCC(C)c1c(C)c(COC(F)F)nn1C. The van der Waals surface area contributed by atoms with Gasteiger partial charge in [-0.25, -0.2) is 0 Å². The summed E-state index contributed by atoms with van der Waals surface area (Å²) in [5.41, 5.74) is 2.64. The van der Waals surface area contributed by atoms with Crippen LogP contribution in [0.25, 0.3) is 0 Å². The van der Waals surface area contributed by atoms with Crippen molar-refractivity contribution in [3.63, 3.8) is 0 Å². The molecular formula is C13H24F2N2O. The van der Waals surface area contributed by atoms with Crippen molar-refractivity contribution in [2.45, 2.75) is 60.2 Å². The highest BCUT2D eigenvalue weighted by molar-refractivity contribution is 5.26. The van der Waals surface area contributed by atoms with E-state index in [1.807, 2.05) is 27.8 Å². The molecular weight excluding hydrogens is 238 g/mol. The first kappa shape index (κ1) is 17.0. The minimum absolute atomic E-state index is 0.131. The number of aromatic nitrogens is 2. The lowest BCUT2D eigenvalue weighted by Gasteiger charge is -2.10. The van der Waals surface area contributed by atoms with Gasteiger partial charge in [0.2, 0.25) is 0 Å². The second-order valence-corrected chi connectivity index (χ2v) is 3.96. The number of hydrogen-bond donors (Lipinski definition) is 0. The Morgan fingerprint density at radius 1 is 1.33 bits per heavy atom. The molecule has 0 aliphatic rings. The lowest BCUT2D eigenvalue weighted by atomic mass is 10.0. The Hall–Kier alpha value is -0.970. The fraction of sp³-hybridized carbons (Fsp3) is 0.769. The Labute approximate surface area is 108 Å². The van der Waals surface area contributed by atoms with Crippen molar-refractivity contribution in [3.05, 3.63) is 17.0 Å². The second-order valence-electron chi connectivity index (χ2n) is 3.96. The minimum atomic E-state index is -2.74. The summed E-state index contributed by atoms with van der Waals surface area (Å²) in [6, 6.07) is 0. The Morgan fingerprint density at radius 2 is 1.89 bits per heavy atom. The van der Waals surface area contributed by atoms with Crippen LogP contribution in [0.1, 0.15) is 57.0 Å². The first-order valence-electron chi connectivity index (χ1n) is 6.39. The molecule has 0 amide bonds. The quantitative estimate of drug-likeness (QED) is 0.801. The van der Waals surface area contributed by atoms with Crippen LogP contribution in [0.15, 0.2) is 0 Å². The van der Waals surface area contributed by atoms with E-state index in [0.717, 1.165) is 17.7 Å². The fourth-order valence-corrected chi connectivity index (χ4v) is 1.86. The third-order valence-electron chi connectivity index (χ3n) is 2.86. The number of halogens is 2. The summed E-state index contributed by atoms with van der Waals surface area (Å²) in [6.45, 7) is 7.22. The van der Waals surface area contributed by atoms with Crippen LogP contribution in [0.5, 0.6) is 0 Å². The summed E-state index contributed by atoms with van der Waals surface area (Å²) in [7, 11) is 1.83. The van der Waals surface area contributed by atoms with Gasteiger partial charge in [0.1, 0.15) is 0 Å². The highest BCUT2D eigenvalue weighted by atomic mass is 19.3.